The smallest absolute Gasteiger partial charge is 0.221 e. The van der Waals surface area contributed by atoms with E-state index in [2.05, 4.69) is 27.8 Å². The van der Waals surface area contributed by atoms with Crippen LogP contribution >= 0.6 is 0 Å². The molecule has 2 aromatic rings. The fourth-order valence-corrected chi connectivity index (χ4v) is 2.92. The van der Waals surface area contributed by atoms with E-state index in [9.17, 15) is 4.79 Å². The number of benzene rings is 2. The van der Waals surface area contributed by atoms with Crippen LogP contribution in [0, 0.1) is 0 Å². The van der Waals surface area contributed by atoms with Gasteiger partial charge in [0.2, 0.25) is 5.91 Å². The number of ether oxygens (including phenoxy) is 2. The highest BCUT2D eigenvalue weighted by Crippen LogP contribution is 2.25. The average molecular weight is 399 g/mol. The number of guanidine groups is 1. The Morgan fingerprint density at radius 2 is 1.83 bits per heavy atom. The molecule has 1 amide bonds. The van der Waals surface area contributed by atoms with Crippen molar-refractivity contribution in [3.05, 3.63) is 53.6 Å². The van der Waals surface area contributed by atoms with E-state index in [1.165, 1.54) is 6.92 Å². The predicted octanol–water partition coefficient (Wildman–Crippen LogP) is 3.26. The molecule has 2 rings (SSSR count). The molecule has 0 saturated heterocycles. The minimum Gasteiger partial charge on any atom is -0.495 e. The zero-order valence-electron chi connectivity index (χ0n) is 17.8. The van der Waals surface area contributed by atoms with Crippen molar-refractivity contribution in [2.75, 3.05) is 33.1 Å². The number of nitrogens with zero attached hydrogens (tertiary/aromatic N) is 2. The molecule has 29 heavy (non-hydrogen) atoms. The molecular formula is C22H30N4O3. The van der Waals surface area contributed by atoms with Crippen molar-refractivity contribution >= 4 is 17.6 Å². The molecule has 0 radical (unpaired) electrons. The number of hydrogen-bond donors (Lipinski definition) is 2. The van der Waals surface area contributed by atoms with Gasteiger partial charge in [-0.05, 0) is 42.3 Å². The highest BCUT2D eigenvalue weighted by atomic mass is 16.5. The number of carbonyl (C=O) groups excluding carboxylic acids is 1. The summed E-state index contributed by atoms with van der Waals surface area (Å²) in [5.74, 6) is 2.13. The normalized spacial score (nSPS) is 11.0. The van der Waals surface area contributed by atoms with Crippen LogP contribution in [0.3, 0.4) is 0 Å². The molecule has 0 atom stereocenters. The fraction of sp³-hybridized carbons (Fsp3) is 0.364. The third-order valence-corrected chi connectivity index (χ3v) is 4.25. The lowest BCUT2D eigenvalue weighted by atomic mass is 10.2. The lowest BCUT2D eigenvalue weighted by Gasteiger charge is -2.22. The molecule has 156 valence electrons. The van der Waals surface area contributed by atoms with Gasteiger partial charge in [-0.3, -0.25) is 9.79 Å². The topological polar surface area (TPSA) is 75.2 Å². The monoisotopic (exact) mass is 398 g/mol. The van der Waals surface area contributed by atoms with E-state index in [0.29, 0.717) is 31.1 Å². The van der Waals surface area contributed by atoms with Crippen LogP contribution in [0.5, 0.6) is 11.5 Å². The Balaban J connectivity index is 1.99. The number of anilines is 1. The van der Waals surface area contributed by atoms with Gasteiger partial charge >= 0.3 is 0 Å². The molecule has 7 nitrogen and oxygen atoms in total. The first kappa shape index (κ1) is 22.1. The van der Waals surface area contributed by atoms with Crippen LogP contribution in [-0.2, 0) is 17.9 Å². The molecule has 0 aliphatic carbocycles. The minimum atomic E-state index is -0.140. The second-order valence-electron chi connectivity index (χ2n) is 6.55. The van der Waals surface area contributed by atoms with Gasteiger partial charge in [-0.25, -0.2) is 0 Å². The lowest BCUT2D eigenvalue weighted by molar-refractivity contribution is -0.114. The van der Waals surface area contributed by atoms with Gasteiger partial charge in [-0.2, -0.15) is 0 Å². The number of hydrogen-bond acceptors (Lipinski definition) is 4. The molecule has 0 heterocycles. The summed E-state index contributed by atoms with van der Waals surface area (Å²) in [6.07, 6.45) is 0. The van der Waals surface area contributed by atoms with Crippen LogP contribution in [0.25, 0.3) is 0 Å². The zero-order valence-corrected chi connectivity index (χ0v) is 17.8. The number of rotatable bonds is 8. The van der Waals surface area contributed by atoms with E-state index in [1.807, 2.05) is 49.2 Å². The van der Waals surface area contributed by atoms with E-state index in [4.69, 9.17) is 9.47 Å². The van der Waals surface area contributed by atoms with Gasteiger partial charge in [0, 0.05) is 34.1 Å². The van der Waals surface area contributed by atoms with Gasteiger partial charge in [-0.1, -0.05) is 18.2 Å². The molecule has 2 aromatic carbocycles. The van der Waals surface area contributed by atoms with Gasteiger partial charge < -0.3 is 25.0 Å². The maximum absolute atomic E-state index is 11.4. The van der Waals surface area contributed by atoms with E-state index in [1.54, 1.807) is 14.2 Å². The van der Waals surface area contributed by atoms with Crippen molar-refractivity contribution in [2.45, 2.75) is 26.9 Å². The summed E-state index contributed by atoms with van der Waals surface area (Å²) >= 11 is 0. The predicted molar refractivity (Wildman–Crippen MR) is 117 cm³/mol. The second kappa shape index (κ2) is 10.9. The number of amides is 1. The summed E-state index contributed by atoms with van der Waals surface area (Å²) in [5, 5.41) is 6.15. The highest BCUT2D eigenvalue weighted by Gasteiger charge is 2.09. The summed E-state index contributed by atoms with van der Waals surface area (Å²) in [6.45, 7) is 5.38. The van der Waals surface area contributed by atoms with Crippen LogP contribution in [0.2, 0.25) is 0 Å². The first-order chi connectivity index (χ1) is 14.0. The van der Waals surface area contributed by atoms with E-state index in [0.717, 1.165) is 22.8 Å². The number of nitrogens with one attached hydrogen (secondary N) is 2. The summed E-state index contributed by atoms with van der Waals surface area (Å²) in [4.78, 5) is 17.8. The summed E-state index contributed by atoms with van der Waals surface area (Å²) in [5.41, 5.74) is 2.82. The van der Waals surface area contributed by atoms with Crippen molar-refractivity contribution in [3.8, 4) is 11.5 Å². The van der Waals surface area contributed by atoms with Crippen molar-refractivity contribution in [2.24, 2.45) is 4.99 Å². The fourth-order valence-electron chi connectivity index (χ4n) is 2.92. The molecule has 0 aromatic heterocycles. The minimum absolute atomic E-state index is 0.140. The van der Waals surface area contributed by atoms with Crippen molar-refractivity contribution in [3.63, 3.8) is 0 Å². The van der Waals surface area contributed by atoms with Crippen LogP contribution in [0.15, 0.2) is 47.5 Å². The third kappa shape index (κ3) is 6.71. The Kier molecular flexibility index (Phi) is 8.33. The van der Waals surface area contributed by atoms with Crippen LogP contribution in [-0.4, -0.2) is 44.6 Å². The molecule has 0 spiro atoms. The Labute approximate surface area is 172 Å². The standard InChI is InChI=1S/C22H30N4O3/c1-6-29-19-10-7-17(8-11-19)15-26(4)22(23-3)24-14-18-9-12-21(28-5)20(13-18)25-16(2)27/h7-13H,6,14-15H2,1-5H3,(H,23,24)(H,25,27). The second-order valence-corrected chi connectivity index (χ2v) is 6.55. The quantitative estimate of drug-likeness (QED) is 0.527. The van der Waals surface area contributed by atoms with Gasteiger partial charge in [0.25, 0.3) is 0 Å². The van der Waals surface area contributed by atoms with Crippen molar-refractivity contribution < 1.29 is 14.3 Å². The SMILES string of the molecule is CCOc1ccc(CN(C)C(=NC)NCc2ccc(OC)c(NC(C)=O)c2)cc1. The summed E-state index contributed by atoms with van der Waals surface area (Å²) in [6, 6.07) is 13.8. The molecule has 2 N–H and O–H groups in total. The number of carbonyl (C=O) groups is 1. The lowest BCUT2D eigenvalue weighted by Crippen LogP contribution is -2.38. The first-order valence-electron chi connectivity index (χ1n) is 9.54. The van der Waals surface area contributed by atoms with Crippen molar-refractivity contribution in [1.82, 2.24) is 10.2 Å². The molecule has 0 bridgehead atoms. The molecular weight excluding hydrogens is 368 g/mol. The molecule has 0 saturated carbocycles. The van der Waals surface area contributed by atoms with Gasteiger partial charge in [0.1, 0.15) is 11.5 Å². The summed E-state index contributed by atoms with van der Waals surface area (Å²) < 4.78 is 10.8. The third-order valence-electron chi connectivity index (χ3n) is 4.25. The van der Waals surface area contributed by atoms with Crippen molar-refractivity contribution in [1.29, 1.82) is 0 Å². The number of aliphatic imine (C=N–C) groups is 1. The van der Waals surface area contributed by atoms with Crippen LogP contribution < -0.4 is 20.1 Å². The maximum atomic E-state index is 11.4. The largest absolute Gasteiger partial charge is 0.495 e. The van der Waals surface area contributed by atoms with Crippen LogP contribution in [0.1, 0.15) is 25.0 Å². The van der Waals surface area contributed by atoms with E-state index < -0.39 is 0 Å². The van der Waals surface area contributed by atoms with E-state index in [-0.39, 0.29) is 5.91 Å². The molecule has 0 unspecified atom stereocenters. The van der Waals surface area contributed by atoms with E-state index >= 15 is 0 Å². The molecule has 7 heteroatoms. The maximum Gasteiger partial charge on any atom is 0.221 e. The molecule has 0 fully saturated rings. The first-order valence-corrected chi connectivity index (χ1v) is 9.54. The van der Waals surface area contributed by atoms with Crippen LogP contribution in [0.4, 0.5) is 5.69 Å². The molecule has 0 aliphatic rings. The summed E-state index contributed by atoms with van der Waals surface area (Å²) in [7, 11) is 5.33. The number of methoxy groups -OCH3 is 1. The molecule has 0 aliphatic heterocycles. The van der Waals surface area contributed by atoms with Gasteiger partial charge in [0.15, 0.2) is 5.96 Å². The zero-order chi connectivity index (χ0) is 21.2. The van der Waals surface area contributed by atoms with Gasteiger partial charge in [-0.15, -0.1) is 0 Å². The Hall–Kier alpha value is -3.22. The highest BCUT2D eigenvalue weighted by molar-refractivity contribution is 5.90. The average Bonchev–Trinajstić information content (AvgIpc) is 2.70. The Bertz CT molecular complexity index is 834. The Morgan fingerprint density at radius 1 is 1.14 bits per heavy atom. The Morgan fingerprint density at radius 3 is 2.41 bits per heavy atom. The van der Waals surface area contributed by atoms with Gasteiger partial charge in [0.05, 0.1) is 19.4 Å².